The van der Waals surface area contributed by atoms with Gasteiger partial charge in [-0.2, -0.15) is 13.2 Å². The van der Waals surface area contributed by atoms with Gasteiger partial charge >= 0.3 is 6.18 Å². The summed E-state index contributed by atoms with van der Waals surface area (Å²) in [6.45, 7) is 5.76. The number of rotatable bonds is 9. The first kappa shape index (κ1) is 25.3. The van der Waals surface area contributed by atoms with Gasteiger partial charge in [0.25, 0.3) is 5.17 Å². The van der Waals surface area contributed by atoms with Crippen LogP contribution < -0.4 is 14.2 Å². The molecule has 0 atom stereocenters. The quantitative estimate of drug-likeness (QED) is 0.301. The summed E-state index contributed by atoms with van der Waals surface area (Å²) < 4.78 is 54.1. The molecule has 0 radical (unpaired) electrons. The molecule has 0 aliphatic rings. The van der Waals surface area contributed by atoms with Crippen molar-refractivity contribution >= 4 is 40.6 Å². The van der Waals surface area contributed by atoms with Gasteiger partial charge in [-0.3, -0.25) is 0 Å². The molecule has 1 aromatic heterocycles. The Hall–Kier alpha value is -1.97. The van der Waals surface area contributed by atoms with E-state index in [4.69, 9.17) is 49.6 Å². The second-order valence-electron chi connectivity index (χ2n) is 6.19. The summed E-state index contributed by atoms with van der Waals surface area (Å²) in [4.78, 5) is 5.50. The van der Waals surface area contributed by atoms with Crippen molar-refractivity contribution in [2.45, 2.75) is 26.4 Å². The number of hydrogen-bond acceptors (Lipinski definition) is 5. The van der Waals surface area contributed by atoms with Gasteiger partial charge in [0, 0.05) is 43.9 Å². The van der Waals surface area contributed by atoms with E-state index in [1.807, 2.05) is 18.7 Å². The molecule has 0 aliphatic heterocycles. The second kappa shape index (κ2) is 11.6. The fourth-order valence-corrected chi connectivity index (χ4v) is 3.35. The Labute approximate surface area is 194 Å². The van der Waals surface area contributed by atoms with E-state index < -0.39 is 11.7 Å². The van der Waals surface area contributed by atoms with Crippen molar-refractivity contribution in [3.8, 4) is 17.4 Å². The van der Waals surface area contributed by atoms with Crippen LogP contribution in [-0.2, 0) is 6.18 Å². The Morgan fingerprint density at radius 1 is 1.06 bits per heavy atom. The van der Waals surface area contributed by atoms with Gasteiger partial charge in [-0.25, -0.2) is 4.98 Å². The second-order valence-corrected chi connectivity index (χ2v) is 7.35. The third kappa shape index (κ3) is 7.59. The van der Waals surface area contributed by atoms with E-state index in [-0.39, 0.29) is 34.9 Å². The molecule has 5 nitrogen and oxygen atoms in total. The summed E-state index contributed by atoms with van der Waals surface area (Å²) in [7, 11) is 0. The number of thiocarbonyl (C=S) groups is 1. The van der Waals surface area contributed by atoms with E-state index in [1.54, 1.807) is 12.1 Å². The SMILES string of the molecule is CCN(CC)C(=S)Oc1cc(Cl)c(OCCCOc2ccc(C(F)(F)F)cn2)c(Cl)c1. The van der Waals surface area contributed by atoms with Gasteiger partial charge in [-0.15, -0.1) is 0 Å². The van der Waals surface area contributed by atoms with Gasteiger partial charge in [-0.05, 0) is 32.1 Å². The summed E-state index contributed by atoms with van der Waals surface area (Å²) in [6, 6.07) is 5.19. The molecule has 0 unspecified atom stereocenters. The smallest absolute Gasteiger partial charge is 0.417 e. The number of alkyl halides is 3. The van der Waals surface area contributed by atoms with Crippen LogP contribution in [0.3, 0.4) is 0 Å². The summed E-state index contributed by atoms with van der Waals surface area (Å²) >= 11 is 17.7. The zero-order chi connectivity index (χ0) is 23.0. The maximum absolute atomic E-state index is 12.5. The molecule has 0 bridgehead atoms. The molecule has 2 rings (SSSR count). The number of hydrogen-bond donors (Lipinski definition) is 0. The van der Waals surface area contributed by atoms with Crippen LogP contribution in [0.1, 0.15) is 25.8 Å². The number of pyridine rings is 1. The van der Waals surface area contributed by atoms with Crippen LogP contribution in [0.15, 0.2) is 30.5 Å². The Morgan fingerprint density at radius 2 is 1.68 bits per heavy atom. The van der Waals surface area contributed by atoms with Crippen LogP contribution in [0, 0.1) is 0 Å². The molecule has 2 aromatic rings. The van der Waals surface area contributed by atoms with Gasteiger partial charge in [0.05, 0.1) is 28.8 Å². The van der Waals surface area contributed by atoms with Gasteiger partial charge < -0.3 is 19.1 Å². The predicted molar refractivity (Wildman–Crippen MR) is 117 cm³/mol. The molecule has 11 heteroatoms. The molecule has 0 amide bonds. The highest BCUT2D eigenvalue weighted by molar-refractivity contribution is 7.80. The molecule has 0 spiro atoms. The van der Waals surface area contributed by atoms with Crippen LogP contribution in [0.25, 0.3) is 0 Å². The van der Waals surface area contributed by atoms with E-state index >= 15 is 0 Å². The Bertz CT molecular complexity index is 856. The van der Waals surface area contributed by atoms with E-state index in [0.717, 1.165) is 12.3 Å². The zero-order valence-corrected chi connectivity index (χ0v) is 19.2. The van der Waals surface area contributed by atoms with Crippen molar-refractivity contribution in [3.63, 3.8) is 0 Å². The van der Waals surface area contributed by atoms with E-state index in [0.29, 0.717) is 30.4 Å². The molecular formula is C20H21Cl2F3N2O3S. The van der Waals surface area contributed by atoms with E-state index in [9.17, 15) is 13.2 Å². The van der Waals surface area contributed by atoms with Gasteiger partial charge in [0.2, 0.25) is 5.88 Å². The first-order valence-electron chi connectivity index (χ1n) is 9.40. The third-order valence-corrected chi connectivity index (χ3v) is 4.95. The number of halogens is 5. The molecule has 0 N–H and O–H groups in total. The zero-order valence-electron chi connectivity index (χ0n) is 16.8. The Kier molecular flexibility index (Phi) is 9.46. The fraction of sp³-hybridized carbons (Fsp3) is 0.400. The van der Waals surface area contributed by atoms with Crippen molar-refractivity contribution in [2.24, 2.45) is 0 Å². The monoisotopic (exact) mass is 496 g/mol. The van der Waals surface area contributed by atoms with Gasteiger partial charge in [0.1, 0.15) is 5.75 Å². The number of ether oxygens (including phenoxy) is 3. The van der Waals surface area contributed by atoms with Crippen molar-refractivity contribution in [2.75, 3.05) is 26.3 Å². The topological polar surface area (TPSA) is 43.8 Å². The minimum Gasteiger partial charge on any atom is -0.490 e. The Morgan fingerprint density at radius 3 is 2.19 bits per heavy atom. The summed E-state index contributed by atoms with van der Waals surface area (Å²) in [6.07, 6.45) is -3.28. The highest BCUT2D eigenvalue weighted by Crippen LogP contribution is 2.37. The minimum atomic E-state index is -4.44. The first-order valence-corrected chi connectivity index (χ1v) is 10.6. The van der Waals surface area contributed by atoms with E-state index in [2.05, 4.69) is 4.98 Å². The highest BCUT2D eigenvalue weighted by Gasteiger charge is 2.30. The normalized spacial score (nSPS) is 11.2. The van der Waals surface area contributed by atoms with Gasteiger partial charge in [-0.1, -0.05) is 23.2 Å². The lowest BCUT2D eigenvalue weighted by molar-refractivity contribution is -0.137. The fourth-order valence-electron chi connectivity index (χ4n) is 2.42. The van der Waals surface area contributed by atoms with Crippen LogP contribution in [-0.4, -0.2) is 41.4 Å². The first-order chi connectivity index (χ1) is 14.7. The maximum atomic E-state index is 12.5. The minimum absolute atomic E-state index is 0.0923. The van der Waals surface area contributed by atoms with Crippen LogP contribution in [0.5, 0.6) is 17.4 Å². The van der Waals surface area contributed by atoms with Crippen molar-refractivity contribution in [3.05, 3.63) is 46.1 Å². The maximum Gasteiger partial charge on any atom is 0.417 e. The molecule has 0 saturated heterocycles. The summed E-state index contributed by atoms with van der Waals surface area (Å²) in [5.41, 5.74) is -0.835. The molecular weight excluding hydrogens is 476 g/mol. The average Bonchev–Trinajstić information content (AvgIpc) is 2.70. The Balaban J connectivity index is 1.83. The molecule has 0 aliphatic carbocycles. The van der Waals surface area contributed by atoms with Crippen LogP contribution >= 0.6 is 35.4 Å². The summed E-state index contributed by atoms with van der Waals surface area (Å²) in [5, 5.41) is 0.838. The largest absolute Gasteiger partial charge is 0.490 e. The number of aromatic nitrogens is 1. The van der Waals surface area contributed by atoms with Crippen molar-refractivity contribution in [1.29, 1.82) is 0 Å². The lowest BCUT2D eigenvalue weighted by atomic mass is 10.3. The van der Waals surface area contributed by atoms with Crippen molar-refractivity contribution in [1.82, 2.24) is 9.88 Å². The predicted octanol–water partition coefficient (Wildman–Crippen LogP) is 6.26. The third-order valence-electron chi connectivity index (χ3n) is 4.05. The van der Waals surface area contributed by atoms with Crippen molar-refractivity contribution < 1.29 is 27.4 Å². The highest BCUT2D eigenvalue weighted by atomic mass is 35.5. The molecule has 1 heterocycles. The van der Waals surface area contributed by atoms with Gasteiger partial charge in [0.15, 0.2) is 5.75 Å². The lowest BCUT2D eigenvalue weighted by Gasteiger charge is -2.21. The average molecular weight is 497 g/mol. The molecule has 0 saturated carbocycles. The molecule has 1 aromatic carbocycles. The molecule has 0 fully saturated rings. The molecule has 31 heavy (non-hydrogen) atoms. The summed E-state index contributed by atoms with van der Waals surface area (Å²) in [5.74, 6) is 0.780. The van der Waals surface area contributed by atoms with Crippen LogP contribution in [0.4, 0.5) is 13.2 Å². The lowest BCUT2D eigenvalue weighted by Crippen LogP contribution is -2.32. The van der Waals surface area contributed by atoms with E-state index in [1.165, 1.54) is 6.07 Å². The standard InChI is InChI=1S/C20H21Cl2F3N2O3S/c1-3-27(4-2)19(31)30-14-10-15(21)18(16(22)11-14)29-9-5-8-28-17-7-6-13(12-26-17)20(23,24)25/h6-7,10-12H,3-5,8-9H2,1-2H3. The number of benzene rings is 1. The van der Waals surface area contributed by atoms with Crippen LogP contribution in [0.2, 0.25) is 10.0 Å². The molecule has 170 valence electrons. The number of nitrogens with zero attached hydrogens (tertiary/aromatic N) is 2.